The Morgan fingerprint density at radius 2 is 2.33 bits per heavy atom. The zero-order chi connectivity index (χ0) is 13.0. The van der Waals surface area contributed by atoms with E-state index in [1.807, 2.05) is 0 Å². The maximum Gasteiger partial charge on any atom is 0.0928 e. The molecule has 18 heavy (non-hydrogen) atoms. The molecule has 1 aromatic rings. The molecule has 0 amide bonds. The van der Waals surface area contributed by atoms with Gasteiger partial charge in [0, 0.05) is 18.0 Å². The van der Waals surface area contributed by atoms with Gasteiger partial charge in [0.05, 0.1) is 10.7 Å². The normalized spacial score (nSPS) is 24.0. The van der Waals surface area contributed by atoms with Crippen molar-refractivity contribution in [3.05, 3.63) is 16.1 Å². The number of aromatic nitrogens is 1. The van der Waals surface area contributed by atoms with Crippen molar-refractivity contribution >= 4 is 11.3 Å². The lowest BCUT2D eigenvalue weighted by Gasteiger charge is -2.28. The van der Waals surface area contributed by atoms with E-state index in [4.69, 9.17) is 10.7 Å². The van der Waals surface area contributed by atoms with Crippen LogP contribution in [0.3, 0.4) is 0 Å². The molecule has 0 saturated heterocycles. The molecule has 102 valence electrons. The molecule has 1 fully saturated rings. The van der Waals surface area contributed by atoms with Crippen molar-refractivity contribution in [3.8, 4) is 0 Å². The lowest BCUT2D eigenvalue weighted by Crippen LogP contribution is -2.37. The first kappa shape index (κ1) is 14.0. The Morgan fingerprint density at radius 1 is 1.50 bits per heavy atom. The molecule has 0 bridgehead atoms. The van der Waals surface area contributed by atoms with Crippen molar-refractivity contribution in [2.24, 2.45) is 11.7 Å². The Balaban J connectivity index is 1.91. The van der Waals surface area contributed by atoms with Gasteiger partial charge in [-0.25, -0.2) is 4.98 Å². The van der Waals surface area contributed by atoms with Crippen molar-refractivity contribution in [1.29, 1.82) is 0 Å². The van der Waals surface area contributed by atoms with Crippen LogP contribution in [0.25, 0.3) is 0 Å². The number of hydrogen-bond acceptors (Lipinski definition) is 4. The van der Waals surface area contributed by atoms with Crippen LogP contribution in [0.5, 0.6) is 0 Å². The van der Waals surface area contributed by atoms with Crippen LogP contribution in [0.2, 0.25) is 0 Å². The molecule has 0 aliphatic heterocycles. The van der Waals surface area contributed by atoms with Gasteiger partial charge in [-0.05, 0) is 45.2 Å². The Morgan fingerprint density at radius 3 is 3.06 bits per heavy atom. The molecular formula is C14H25N3S. The monoisotopic (exact) mass is 267 g/mol. The molecule has 2 atom stereocenters. The second-order valence-corrected chi connectivity index (χ2v) is 6.33. The van der Waals surface area contributed by atoms with E-state index in [0.717, 1.165) is 19.5 Å². The third-order valence-corrected chi connectivity index (χ3v) is 4.92. The van der Waals surface area contributed by atoms with Crippen LogP contribution >= 0.6 is 11.3 Å². The molecule has 4 heteroatoms. The highest BCUT2D eigenvalue weighted by molar-refractivity contribution is 7.09. The lowest BCUT2D eigenvalue weighted by molar-refractivity contribution is 0.191. The summed E-state index contributed by atoms with van der Waals surface area (Å²) < 4.78 is 0. The van der Waals surface area contributed by atoms with Gasteiger partial charge < -0.3 is 5.73 Å². The Bertz CT molecular complexity index is 364. The molecule has 0 spiro atoms. The average molecular weight is 267 g/mol. The summed E-state index contributed by atoms with van der Waals surface area (Å²) in [5, 5.41) is 3.50. The van der Waals surface area contributed by atoms with Gasteiger partial charge in [0.25, 0.3) is 0 Å². The standard InChI is InChI=1S/C14H25N3S/c1-3-5-14-16-12(10-18-14)9-17(2)13-7-4-6-11(13)8-15/h10-11,13H,3-9,15H2,1-2H3. The smallest absolute Gasteiger partial charge is 0.0928 e. The van der Waals surface area contributed by atoms with Crippen molar-refractivity contribution in [3.63, 3.8) is 0 Å². The second-order valence-electron chi connectivity index (χ2n) is 5.39. The minimum Gasteiger partial charge on any atom is -0.330 e. The fraction of sp³-hybridized carbons (Fsp3) is 0.786. The number of rotatable bonds is 6. The van der Waals surface area contributed by atoms with E-state index < -0.39 is 0 Å². The number of thiazole rings is 1. The fourth-order valence-electron chi connectivity index (χ4n) is 3.00. The summed E-state index contributed by atoms with van der Waals surface area (Å²) in [7, 11) is 2.22. The largest absolute Gasteiger partial charge is 0.330 e. The quantitative estimate of drug-likeness (QED) is 0.861. The lowest BCUT2D eigenvalue weighted by atomic mass is 10.0. The van der Waals surface area contributed by atoms with Gasteiger partial charge in [0.15, 0.2) is 0 Å². The van der Waals surface area contributed by atoms with E-state index in [1.54, 1.807) is 11.3 Å². The SMILES string of the molecule is CCCc1nc(CN(C)C2CCCC2CN)cs1. The highest BCUT2D eigenvalue weighted by Gasteiger charge is 2.29. The Hall–Kier alpha value is -0.450. The molecule has 1 heterocycles. The highest BCUT2D eigenvalue weighted by atomic mass is 32.1. The van der Waals surface area contributed by atoms with Crippen LogP contribution in [0.15, 0.2) is 5.38 Å². The maximum absolute atomic E-state index is 5.86. The van der Waals surface area contributed by atoms with Crippen LogP contribution < -0.4 is 5.73 Å². The topological polar surface area (TPSA) is 42.2 Å². The Labute approximate surface area is 114 Å². The van der Waals surface area contributed by atoms with Gasteiger partial charge >= 0.3 is 0 Å². The van der Waals surface area contributed by atoms with Crippen molar-refractivity contribution in [2.45, 2.75) is 51.6 Å². The van der Waals surface area contributed by atoms with E-state index >= 15 is 0 Å². The number of nitrogens with two attached hydrogens (primary N) is 1. The molecule has 0 radical (unpaired) electrons. The minimum atomic E-state index is 0.659. The molecule has 1 aliphatic carbocycles. The predicted molar refractivity (Wildman–Crippen MR) is 77.8 cm³/mol. The first-order valence-corrected chi connectivity index (χ1v) is 7.96. The zero-order valence-corrected chi connectivity index (χ0v) is 12.4. The van der Waals surface area contributed by atoms with Crippen molar-refractivity contribution in [1.82, 2.24) is 9.88 Å². The molecule has 3 nitrogen and oxygen atoms in total. The minimum absolute atomic E-state index is 0.659. The molecule has 2 rings (SSSR count). The van der Waals surface area contributed by atoms with Crippen LogP contribution in [0, 0.1) is 5.92 Å². The second kappa shape index (κ2) is 6.64. The van der Waals surface area contributed by atoms with E-state index in [-0.39, 0.29) is 0 Å². The first-order valence-electron chi connectivity index (χ1n) is 7.08. The van der Waals surface area contributed by atoms with E-state index in [1.165, 1.54) is 36.4 Å². The van der Waals surface area contributed by atoms with Crippen molar-refractivity contribution < 1.29 is 0 Å². The summed E-state index contributed by atoms with van der Waals surface area (Å²) in [6.07, 6.45) is 6.22. The zero-order valence-electron chi connectivity index (χ0n) is 11.6. The van der Waals surface area contributed by atoms with E-state index in [0.29, 0.717) is 12.0 Å². The molecule has 2 N–H and O–H groups in total. The van der Waals surface area contributed by atoms with Gasteiger partial charge in [-0.15, -0.1) is 11.3 Å². The van der Waals surface area contributed by atoms with Crippen molar-refractivity contribution in [2.75, 3.05) is 13.6 Å². The Kier molecular flexibility index (Phi) is 5.15. The third kappa shape index (κ3) is 3.31. The number of nitrogens with zero attached hydrogens (tertiary/aromatic N) is 2. The molecule has 0 aromatic carbocycles. The van der Waals surface area contributed by atoms with Gasteiger partial charge in [0.2, 0.25) is 0 Å². The van der Waals surface area contributed by atoms with Gasteiger partial charge in [0.1, 0.15) is 0 Å². The highest BCUT2D eigenvalue weighted by Crippen LogP contribution is 2.29. The summed E-state index contributed by atoms with van der Waals surface area (Å²) >= 11 is 1.80. The molecule has 1 saturated carbocycles. The summed E-state index contributed by atoms with van der Waals surface area (Å²) in [4.78, 5) is 7.16. The van der Waals surface area contributed by atoms with Crippen LogP contribution in [-0.2, 0) is 13.0 Å². The fourth-order valence-corrected chi connectivity index (χ4v) is 3.89. The summed E-state index contributed by atoms with van der Waals surface area (Å²) in [5.41, 5.74) is 7.09. The van der Waals surface area contributed by atoms with E-state index in [9.17, 15) is 0 Å². The predicted octanol–water partition coefficient (Wildman–Crippen LogP) is 2.65. The van der Waals surface area contributed by atoms with Gasteiger partial charge in [-0.2, -0.15) is 0 Å². The number of aryl methyl sites for hydroxylation is 1. The molecule has 2 unspecified atom stereocenters. The number of hydrogen-bond donors (Lipinski definition) is 1. The van der Waals surface area contributed by atoms with Gasteiger partial charge in [-0.3, -0.25) is 4.90 Å². The summed E-state index contributed by atoms with van der Waals surface area (Å²) in [5.74, 6) is 0.684. The summed E-state index contributed by atoms with van der Waals surface area (Å²) in [6, 6.07) is 0.659. The van der Waals surface area contributed by atoms with Crippen LogP contribution in [0.1, 0.15) is 43.3 Å². The van der Waals surface area contributed by atoms with E-state index in [2.05, 4.69) is 24.3 Å². The molecule has 1 aromatic heterocycles. The average Bonchev–Trinajstić information content (AvgIpc) is 2.98. The third-order valence-electron chi connectivity index (χ3n) is 3.96. The maximum atomic E-state index is 5.86. The van der Waals surface area contributed by atoms with Crippen LogP contribution in [0.4, 0.5) is 0 Å². The first-order chi connectivity index (χ1) is 8.74. The summed E-state index contributed by atoms with van der Waals surface area (Å²) in [6.45, 7) is 4.01. The van der Waals surface area contributed by atoms with Gasteiger partial charge in [-0.1, -0.05) is 13.3 Å². The molecular weight excluding hydrogens is 242 g/mol. The van der Waals surface area contributed by atoms with Crippen LogP contribution in [-0.4, -0.2) is 29.5 Å². The molecule has 1 aliphatic rings.